The topological polar surface area (TPSA) is 24.9 Å². The Balaban J connectivity index is 2.13. The van der Waals surface area contributed by atoms with Crippen LogP contribution in [0, 0.1) is 13.8 Å². The molecule has 0 saturated heterocycles. The maximum atomic E-state index is 4.09. The van der Waals surface area contributed by atoms with Crippen LogP contribution in [0.3, 0.4) is 0 Å². The Morgan fingerprint density at radius 2 is 1.95 bits per heavy atom. The molecule has 1 N–H and O–H groups in total. The first-order chi connectivity index (χ1) is 9.11. The number of nitrogens with one attached hydrogen (secondary N) is 1. The first kappa shape index (κ1) is 14.2. The highest BCUT2D eigenvalue weighted by Crippen LogP contribution is 2.28. The predicted molar refractivity (Wildman–Crippen MR) is 82.6 cm³/mol. The summed E-state index contributed by atoms with van der Waals surface area (Å²) in [4.78, 5) is 6.90. The van der Waals surface area contributed by atoms with Gasteiger partial charge in [0.2, 0.25) is 0 Å². The van der Waals surface area contributed by atoms with Crippen LogP contribution in [0.5, 0.6) is 0 Å². The third-order valence-electron chi connectivity index (χ3n) is 3.51. The average Bonchev–Trinajstić information content (AvgIpc) is 2.76. The number of hydrogen-bond acceptors (Lipinski definition) is 3. The fourth-order valence-corrected chi connectivity index (χ4v) is 3.54. The van der Waals surface area contributed by atoms with Crippen LogP contribution < -0.4 is 5.32 Å². The Morgan fingerprint density at radius 1 is 1.26 bits per heavy atom. The highest BCUT2D eigenvalue weighted by molar-refractivity contribution is 7.12. The minimum absolute atomic E-state index is 0.378. The van der Waals surface area contributed by atoms with E-state index in [1.807, 2.05) is 23.7 Å². The molecule has 2 atom stereocenters. The van der Waals surface area contributed by atoms with E-state index in [2.05, 4.69) is 56.2 Å². The number of aryl methyl sites for hydroxylation is 2. The summed E-state index contributed by atoms with van der Waals surface area (Å²) < 4.78 is 0. The van der Waals surface area contributed by atoms with Gasteiger partial charge < -0.3 is 5.32 Å². The molecule has 0 radical (unpaired) electrons. The van der Waals surface area contributed by atoms with Crippen LogP contribution in [0.2, 0.25) is 0 Å². The molecule has 0 aliphatic carbocycles. The standard InChI is InChI=1S/C16H22N2S/c1-5-16(14-6-8-17-9-7-14)18-12(3)15-10-11(2)19-13(15)4/h6-10,12,16,18H,5H2,1-4H3/t12-,16-/m0/s1. The summed E-state index contributed by atoms with van der Waals surface area (Å²) in [7, 11) is 0. The zero-order valence-corrected chi connectivity index (χ0v) is 12.9. The summed E-state index contributed by atoms with van der Waals surface area (Å²) in [6.07, 6.45) is 4.81. The molecule has 0 fully saturated rings. The maximum absolute atomic E-state index is 4.09. The van der Waals surface area contributed by atoms with Gasteiger partial charge in [0, 0.05) is 34.2 Å². The van der Waals surface area contributed by atoms with Crippen molar-refractivity contribution in [2.45, 2.75) is 46.2 Å². The predicted octanol–water partition coefficient (Wildman–Crippen LogP) is 4.56. The minimum Gasteiger partial charge on any atom is -0.303 e. The van der Waals surface area contributed by atoms with Crippen molar-refractivity contribution >= 4 is 11.3 Å². The van der Waals surface area contributed by atoms with E-state index < -0.39 is 0 Å². The number of thiophene rings is 1. The lowest BCUT2D eigenvalue weighted by Crippen LogP contribution is -2.24. The molecule has 0 aliphatic heterocycles. The Hall–Kier alpha value is -1.19. The normalized spacial score (nSPS) is 14.3. The summed E-state index contributed by atoms with van der Waals surface area (Å²) >= 11 is 1.88. The summed E-state index contributed by atoms with van der Waals surface area (Å²) in [6, 6.07) is 7.26. The van der Waals surface area contributed by atoms with Gasteiger partial charge in [0.1, 0.15) is 0 Å². The molecule has 0 unspecified atom stereocenters. The van der Waals surface area contributed by atoms with Gasteiger partial charge in [-0.15, -0.1) is 11.3 Å². The zero-order valence-electron chi connectivity index (χ0n) is 12.1. The molecule has 102 valence electrons. The molecule has 2 aromatic rings. The Kier molecular flexibility index (Phi) is 4.72. The molecular weight excluding hydrogens is 252 g/mol. The van der Waals surface area contributed by atoms with Crippen molar-refractivity contribution < 1.29 is 0 Å². The molecule has 2 aromatic heterocycles. The molecule has 0 amide bonds. The summed E-state index contributed by atoms with van der Waals surface area (Å²) in [6.45, 7) is 8.85. The van der Waals surface area contributed by atoms with E-state index in [1.54, 1.807) is 0 Å². The number of rotatable bonds is 5. The second kappa shape index (κ2) is 6.31. The van der Waals surface area contributed by atoms with Gasteiger partial charge in [-0.2, -0.15) is 0 Å². The van der Waals surface area contributed by atoms with Gasteiger partial charge in [-0.3, -0.25) is 4.98 Å². The monoisotopic (exact) mass is 274 g/mol. The van der Waals surface area contributed by atoms with Crippen molar-refractivity contribution in [2.24, 2.45) is 0 Å². The second-order valence-corrected chi connectivity index (χ2v) is 6.46. The van der Waals surface area contributed by atoms with Crippen LogP contribution in [0.15, 0.2) is 30.6 Å². The van der Waals surface area contributed by atoms with E-state index in [0.29, 0.717) is 12.1 Å². The van der Waals surface area contributed by atoms with Crippen LogP contribution in [-0.2, 0) is 0 Å². The molecule has 2 nitrogen and oxygen atoms in total. The highest BCUT2D eigenvalue weighted by Gasteiger charge is 2.16. The van der Waals surface area contributed by atoms with E-state index in [-0.39, 0.29) is 0 Å². The maximum Gasteiger partial charge on any atom is 0.0324 e. The van der Waals surface area contributed by atoms with Crippen molar-refractivity contribution in [2.75, 3.05) is 0 Å². The molecule has 0 bridgehead atoms. The van der Waals surface area contributed by atoms with E-state index >= 15 is 0 Å². The molecule has 19 heavy (non-hydrogen) atoms. The summed E-state index contributed by atoms with van der Waals surface area (Å²) in [5.74, 6) is 0. The van der Waals surface area contributed by atoms with Gasteiger partial charge in [0.15, 0.2) is 0 Å². The Labute approximate surface area is 119 Å². The van der Waals surface area contributed by atoms with Crippen LogP contribution in [-0.4, -0.2) is 4.98 Å². The molecular formula is C16H22N2S. The molecule has 3 heteroatoms. The molecule has 2 heterocycles. The molecule has 0 spiro atoms. The SMILES string of the molecule is CC[C@H](N[C@@H](C)c1cc(C)sc1C)c1ccncc1. The van der Waals surface area contributed by atoms with Gasteiger partial charge in [0.25, 0.3) is 0 Å². The number of pyridine rings is 1. The third kappa shape index (κ3) is 3.43. The van der Waals surface area contributed by atoms with Crippen LogP contribution in [0.25, 0.3) is 0 Å². The molecule has 2 rings (SSSR count). The van der Waals surface area contributed by atoms with Gasteiger partial charge in [-0.05, 0) is 56.5 Å². The molecule has 0 saturated carbocycles. The van der Waals surface area contributed by atoms with Gasteiger partial charge in [-0.25, -0.2) is 0 Å². The van der Waals surface area contributed by atoms with E-state index in [1.165, 1.54) is 20.9 Å². The fourth-order valence-electron chi connectivity index (χ4n) is 2.52. The lowest BCUT2D eigenvalue weighted by Gasteiger charge is -2.23. The van der Waals surface area contributed by atoms with Crippen molar-refractivity contribution in [3.05, 3.63) is 51.5 Å². The lowest BCUT2D eigenvalue weighted by molar-refractivity contribution is 0.456. The van der Waals surface area contributed by atoms with Crippen LogP contribution in [0.4, 0.5) is 0 Å². The van der Waals surface area contributed by atoms with Gasteiger partial charge >= 0.3 is 0 Å². The first-order valence-corrected chi connectivity index (χ1v) is 7.66. The van der Waals surface area contributed by atoms with Gasteiger partial charge in [-0.1, -0.05) is 6.92 Å². The van der Waals surface area contributed by atoms with E-state index in [0.717, 1.165) is 6.42 Å². The zero-order chi connectivity index (χ0) is 13.8. The largest absolute Gasteiger partial charge is 0.303 e. The third-order valence-corrected chi connectivity index (χ3v) is 4.50. The van der Waals surface area contributed by atoms with E-state index in [9.17, 15) is 0 Å². The summed E-state index contributed by atoms with van der Waals surface area (Å²) in [5.41, 5.74) is 2.74. The molecule has 0 aliphatic rings. The van der Waals surface area contributed by atoms with E-state index in [4.69, 9.17) is 0 Å². The lowest BCUT2D eigenvalue weighted by atomic mass is 10.0. The van der Waals surface area contributed by atoms with Crippen molar-refractivity contribution in [1.29, 1.82) is 0 Å². The minimum atomic E-state index is 0.378. The number of hydrogen-bond donors (Lipinski definition) is 1. The van der Waals surface area contributed by atoms with Crippen molar-refractivity contribution in [3.8, 4) is 0 Å². The fraction of sp³-hybridized carbons (Fsp3) is 0.438. The Bertz CT molecular complexity index is 519. The summed E-state index contributed by atoms with van der Waals surface area (Å²) in [5, 5.41) is 3.73. The van der Waals surface area contributed by atoms with Crippen molar-refractivity contribution in [3.63, 3.8) is 0 Å². The van der Waals surface area contributed by atoms with Crippen molar-refractivity contribution in [1.82, 2.24) is 10.3 Å². The average molecular weight is 274 g/mol. The smallest absolute Gasteiger partial charge is 0.0324 e. The molecule has 0 aromatic carbocycles. The quantitative estimate of drug-likeness (QED) is 0.864. The first-order valence-electron chi connectivity index (χ1n) is 6.84. The number of aromatic nitrogens is 1. The highest BCUT2D eigenvalue weighted by atomic mass is 32.1. The Morgan fingerprint density at radius 3 is 2.47 bits per heavy atom. The van der Waals surface area contributed by atoms with Crippen LogP contribution >= 0.6 is 11.3 Å². The second-order valence-electron chi connectivity index (χ2n) is 5.00. The number of nitrogens with zero attached hydrogens (tertiary/aromatic N) is 1. The van der Waals surface area contributed by atoms with Gasteiger partial charge in [0.05, 0.1) is 0 Å². The van der Waals surface area contributed by atoms with Crippen LogP contribution in [0.1, 0.15) is 53.2 Å².